The SMILES string of the molecule is CCC(=O)Nc1nc2n(n1)[C@H](c1ccc(C)cc1)C[C@H](c1ccccc1)N2. The Balaban J connectivity index is 1.72. The van der Waals surface area contributed by atoms with Crippen LogP contribution in [0.2, 0.25) is 0 Å². The molecule has 1 aromatic heterocycles. The van der Waals surface area contributed by atoms with Gasteiger partial charge in [0.15, 0.2) is 0 Å². The van der Waals surface area contributed by atoms with E-state index in [0.29, 0.717) is 18.3 Å². The van der Waals surface area contributed by atoms with Crippen LogP contribution in [0.4, 0.5) is 11.9 Å². The van der Waals surface area contributed by atoms with Crippen molar-refractivity contribution in [1.82, 2.24) is 14.8 Å². The average Bonchev–Trinajstić information content (AvgIpc) is 3.10. The highest BCUT2D eigenvalue weighted by atomic mass is 16.1. The van der Waals surface area contributed by atoms with Crippen molar-refractivity contribution >= 4 is 17.8 Å². The summed E-state index contributed by atoms with van der Waals surface area (Å²) < 4.78 is 1.88. The number of rotatable bonds is 4. The van der Waals surface area contributed by atoms with Crippen LogP contribution in [0.25, 0.3) is 0 Å². The fourth-order valence-electron chi connectivity index (χ4n) is 3.41. The third-order valence-electron chi connectivity index (χ3n) is 4.93. The summed E-state index contributed by atoms with van der Waals surface area (Å²) in [6, 6.07) is 19.0. The van der Waals surface area contributed by atoms with Crippen molar-refractivity contribution < 1.29 is 4.79 Å². The third-order valence-corrected chi connectivity index (χ3v) is 4.93. The molecule has 3 aromatic rings. The number of nitrogens with zero attached hydrogens (tertiary/aromatic N) is 3. The van der Waals surface area contributed by atoms with Crippen molar-refractivity contribution in [2.24, 2.45) is 0 Å². The standard InChI is InChI=1S/C21H23N5O/c1-3-19(27)23-20-24-21-22-17(15-7-5-4-6-8-15)13-18(26(21)25-20)16-11-9-14(2)10-12-16/h4-12,17-18H,3,13H2,1-2H3,(H2,22,23,24,25,27)/t17-,18+/m1/s1. The summed E-state index contributed by atoms with van der Waals surface area (Å²) in [6.07, 6.45) is 1.25. The van der Waals surface area contributed by atoms with Crippen LogP contribution in [0.15, 0.2) is 54.6 Å². The average molecular weight is 361 g/mol. The van der Waals surface area contributed by atoms with Crippen LogP contribution < -0.4 is 10.6 Å². The van der Waals surface area contributed by atoms with Gasteiger partial charge in [-0.1, -0.05) is 67.1 Å². The van der Waals surface area contributed by atoms with Crippen molar-refractivity contribution in [3.05, 3.63) is 71.3 Å². The highest BCUT2D eigenvalue weighted by Gasteiger charge is 2.31. The molecule has 1 amide bonds. The number of anilines is 2. The number of carbonyl (C=O) groups excluding carboxylic acids is 1. The van der Waals surface area contributed by atoms with E-state index in [1.807, 2.05) is 29.8 Å². The van der Waals surface area contributed by atoms with E-state index in [1.54, 1.807) is 0 Å². The van der Waals surface area contributed by atoms with E-state index in [9.17, 15) is 4.79 Å². The molecule has 6 heteroatoms. The number of amides is 1. The van der Waals surface area contributed by atoms with E-state index in [0.717, 1.165) is 6.42 Å². The van der Waals surface area contributed by atoms with Crippen LogP contribution in [0.3, 0.4) is 0 Å². The molecule has 4 rings (SSSR count). The van der Waals surface area contributed by atoms with Gasteiger partial charge in [0.2, 0.25) is 11.9 Å². The fraction of sp³-hybridized carbons (Fsp3) is 0.286. The largest absolute Gasteiger partial charge is 0.347 e. The van der Waals surface area contributed by atoms with Gasteiger partial charge in [0.05, 0.1) is 12.1 Å². The van der Waals surface area contributed by atoms with Gasteiger partial charge >= 0.3 is 0 Å². The maximum Gasteiger partial charge on any atom is 0.250 e. The molecule has 0 aliphatic carbocycles. The van der Waals surface area contributed by atoms with E-state index >= 15 is 0 Å². The van der Waals surface area contributed by atoms with Crippen LogP contribution in [-0.2, 0) is 4.79 Å². The lowest BCUT2D eigenvalue weighted by Crippen LogP contribution is -2.28. The molecule has 0 fully saturated rings. The van der Waals surface area contributed by atoms with Gasteiger partial charge in [-0.3, -0.25) is 10.1 Å². The molecular formula is C21H23N5O. The second kappa shape index (κ2) is 7.23. The minimum atomic E-state index is -0.0931. The first kappa shape index (κ1) is 17.3. The summed E-state index contributed by atoms with van der Waals surface area (Å²) in [6.45, 7) is 3.89. The Morgan fingerprint density at radius 3 is 2.59 bits per heavy atom. The minimum absolute atomic E-state index is 0.0480. The number of fused-ring (bicyclic) bond motifs is 1. The van der Waals surface area contributed by atoms with Crippen LogP contribution >= 0.6 is 0 Å². The zero-order chi connectivity index (χ0) is 18.8. The zero-order valence-corrected chi connectivity index (χ0v) is 15.5. The first-order chi connectivity index (χ1) is 13.1. The van der Waals surface area contributed by atoms with E-state index in [2.05, 4.69) is 64.0 Å². The highest BCUT2D eigenvalue weighted by Crippen LogP contribution is 2.38. The van der Waals surface area contributed by atoms with Crippen molar-refractivity contribution in [2.45, 2.75) is 38.8 Å². The Labute approximate surface area is 158 Å². The predicted octanol–water partition coefficient (Wildman–Crippen LogP) is 4.08. The van der Waals surface area contributed by atoms with Crippen molar-refractivity contribution in [1.29, 1.82) is 0 Å². The fourth-order valence-corrected chi connectivity index (χ4v) is 3.41. The van der Waals surface area contributed by atoms with Crippen molar-refractivity contribution in [3.63, 3.8) is 0 Å². The summed E-state index contributed by atoms with van der Waals surface area (Å²) in [4.78, 5) is 16.3. The van der Waals surface area contributed by atoms with Gasteiger partial charge in [-0.25, -0.2) is 4.68 Å². The van der Waals surface area contributed by atoms with E-state index in [-0.39, 0.29) is 18.0 Å². The number of benzene rings is 2. The maximum atomic E-state index is 11.7. The predicted molar refractivity (Wildman–Crippen MR) is 106 cm³/mol. The monoisotopic (exact) mass is 361 g/mol. The number of hydrogen-bond donors (Lipinski definition) is 2. The van der Waals surface area contributed by atoms with Gasteiger partial charge in [-0.15, -0.1) is 5.10 Å². The summed E-state index contributed by atoms with van der Waals surface area (Å²) in [5.41, 5.74) is 3.62. The molecule has 6 nitrogen and oxygen atoms in total. The maximum absolute atomic E-state index is 11.7. The molecule has 0 spiro atoms. The number of aryl methyl sites for hydroxylation is 1. The van der Waals surface area contributed by atoms with Crippen molar-refractivity contribution in [3.8, 4) is 0 Å². The number of aromatic nitrogens is 3. The third kappa shape index (κ3) is 3.56. The van der Waals surface area contributed by atoms with Crippen LogP contribution in [0, 0.1) is 6.92 Å². The molecule has 1 aliphatic rings. The lowest BCUT2D eigenvalue weighted by Gasteiger charge is -2.31. The molecule has 0 saturated heterocycles. The quantitative estimate of drug-likeness (QED) is 0.734. The second-order valence-electron chi connectivity index (χ2n) is 6.88. The molecule has 2 atom stereocenters. The van der Waals surface area contributed by atoms with Gasteiger partial charge in [0.25, 0.3) is 5.95 Å². The molecular weight excluding hydrogens is 338 g/mol. The second-order valence-corrected chi connectivity index (χ2v) is 6.88. The van der Waals surface area contributed by atoms with Gasteiger partial charge in [-0.2, -0.15) is 4.98 Å². The van der Waals surface area contributed by atoms with Gasteiger partial charge in [-0.05, 0) is 24.5 Å². The molecule has 0 unspecified atom stereocenters. The topological polar surface area (TPSA) is 71.8 Å². The summed E-state index contributed by atoms with van der Waals surface area (Å²) >= 11 is 0. The highest BCUT2D eigenvalue weighted by molar-refractivity contribution is 5.88. The lowest BCUT2D eigenvalue weighted by atomic mass is 9.93. The van der Waals surface area contributed by atoms with Crippen LogP contribution in [0.1, 0.15) is 48.5 Å². The lowest BCUT2D eigenvalue weighted by molar-refractivity contribution is -0.115. The number of hydrogen-bond acceptors (Lipinski definition) is 4. The van der Waals surface area contributed by atoms with Gasteiger partial charge < -0.3 is 5.32 Å². The molecule has 0 saturated carbocycles. The molecule has 2 aromatic carbocycles. The molecule has 1 aliphatic heterocycles. The zero-order valence-electron chi connectivity index (χ0n) is 15.5. The Morgan fingerprint density at radius 1 is 1.15 bits per heavy atom. The van der Waals surface area contributed by atoms with E-state index < -0.39 is 0 Å². The van der Waals surface area contributed by atoms with Gasteiger partial charge in [0.1, 0.15) is 0 Å². The summed E-state index contributed by atoms with van der Waals surface area (Å²) in [5, 5.41) is 10.8. The van der Waals surface area contributed by atoms with E-state index in [4.69, 9.17) is 0 Å². The number of carbonyl (C=O) groups is 1. The van der Waals surface area contributed by atoms with Crippen LogP contribution in [0.5, 0.6) is 0 Å². The summed E-state index contributed by atoms with van der Waals surface area (Å²) in [7, 11) is 0. The van der Waals surface area contributed by atoms with E-state index in [1.165, 1.54) is 16.7 Å². The molecule has 27 heavy (non-hydrogen) atoms. The summed E-state index contributed by atoms with van der Waals surface area (Å²) in [5.74, 6) is 0.923. The smallest absolute Gasteiger partial charge is 0.250 e. The Morgan fingerprint density at radius 2 is 1.89 bits per heavy atom. The Bertz CT molecular complexity index is 933. The molecule has 2 heterocycles. The first-order valence-electron chi connectivity index (χ1n) is 9.28. The van der Waals surface area contributed by atoms with Crippen LogP contribution in [-0.4, -0.2) is 20.7 Å². The number of nitrogens with one attached hydrogen (secondary N) is 2. The molecule has 0 radical (unpaired) electrons. The Kier molecular flexibility index (Phi) is 4.62. The minimum Gasteiger partial charge on any atom is -0.347 e. The Hall–Kier alpha value is -3.15. The first-order valence-corrected chi connectivity index (χ1v) is 9.28. The molecule has 2 N–H and O–H groups in total. The molecule has 0 bridgehead atoms. The normalized spacial score (nSPS) is 18.4. The molecule has 138 valence electrons. The van der Waals surface area contributed by atoms with Gasteiger partial charge in [0, 0.05) is 6.42 Å². The van der Waals surface area contributed by atoms with Crippen molar-refractivity contribution in [2.75, 3.05) is 10.6 Å².